The Kier molecular flexibility index (Phi) is 37.5. The lowest BCUT2D eigenvalue weighted by atomic mass is 9.85. The van der Waals surface area contributed by atoms with Crippen LogP contribution in [0.2, 0.25) is 0 Å². The van der Waals surface area contributed by atoms with Gasteiger partial charge in [-0.1, -0.05) is 5.11 Å². The van der Waals surface area contributed by atoms with Gasteiger partial charge >= 0.3 is 11.5 Å². The minimum atomic E-state index is -0.819. The van der Waals surface area contributed by atoms with Gasteiger partial charge in [0.2, 0.25) is 11.1 Å². The number of esters is 1. The molecule has 14 heteroatoms. The van der Waals surface area contributed by atoms with Crippen molar-refractivity contribution in [1.29, 1.82) is 5.26 Å². The van der Waals surface area contributed by atoms with Crippen LogP contribution in [0.5, 0.6) is 0 Å². The Balaban J connectivity index is -0.0000000693. The Hall–Kier alpha value is -3.58. The molecular formula is C28H54N7O6P. The Morgan fingerprint density at radius 1 is 0.905 bits per heavy atom. The number of hydrogen-bond donors (Lipinski definition) is 0. The molecule has 0 aliphatic rings. The number of azide groups is 1. The third-order valence-corrected chi connectivity index (χ3v) is 3.57. The molecule has 0 unspecified atom stereocenters. The Morgan fingerprint density at radius 3 is 1.12 bits per heavy atom. The third kappa shape index (κ3) is 65.5. The topological polar surface area (TPSA) is 185 Å². The van der Waals surface area contributed by atoms with Crippen LogP contribution in [-0.4, -0.2) is 73.2 Å². The number of nitro groups is 1. The molecule has 0 amide bonds. The van der Waals surface area contributed by atoms with E-state index in [1.807, 2.05) is 26.8 Å². The SMILES string of the molecule is CC(=O)C(C)(C)C(C)=O.CC(C)(C)[N+](=O)[O-].CN=[N+]=[N-].COC(C)=O.CP(C)C.[C-]#[N+]C(C)(C)C.[C-]#[N+]C(C)(C)C#N. The number of Topliss-reactive ketones (excluding diaryl/α,β-unsaturated/α-hetero) is 2. The zero-order valence-electron chi connectivity index (χ0n) is 29.0. The lowest BCUT2D eigenvalue weighted by Crippen LogP contribution is -2.29. The minimum absolute atomic E-state index is 0.0741. The summed E-state index contributed by atoms with van der Waals surface area (Å²) in [5, 5.41) is 20.9. The van der Waals surface area contributed by atoms with E-state index in [1.54, 1.807) is 48.5 Å². The van der Waals surface area contributed by atoms with E-state index in [1.165, 1.54) is 34.9 Å². The van der Waals surface area contributed by atoms with Gasteiger partial charge in [-0.05, 0) is 53.2 Å². The standard InChI is InChI=1S/C7H12O2.C5H6N2.C5H9N.C4H9NO2.C3H6O2.C3H9P.CH3N3/c1-5(8)7(3,4)6(2)9;1-5(2,4-6)7-3;1-5(2,3)6-4;1-4(2,3)5(6)7;1-3(4)5-2;1-4(2)3;1-3-4-2/h1-4H3;1-2H3;1-3H3;1-3H3;1-2H3;1-3H3;1H3. The van der Waals surface area contributed by atoms with Crippen LogP contribution >= 0.6 is 7.92 Å². The Labute approximate surface area is 255 Å². The number of nitriles is 1. The van der Waals surface area contributed by atoms with Gasteiger partial charge in [0, 0.05) is 79.2 Å². The molecule has 0 aromatic heterocycles. The summed E-state index contributed by atoms with van der Waals surface area (Å²) in [6.45, 7) is 40.6. The third-order valence-electron chi connectivity index (χ3n) is 3.57. The molecule has 0 spiro atoms. The number of rotatable bonds is 2. The molecule has 0 aromatic carbocycles. The molecule has 42 heavy (non-hydrogen) atoms. The predicted molar refractivity (Wildman–Crippen MR) is 172 cm³/mol. The van der Waals surface area contributed by atoms with Crippen LogP contribution in [0.25, 0.3) is 20.1 Å². The van der Waals surface area contributed by atoms with Crippen LogP contribution in [0.4, 0.5) is 0 Å². The fourth-order valence-electron chi connectivity index (χ4n) is 0.273. The van der Waals surface area contributed by atoms with Gasteiger partial charge in [-0.25, -0.2) is 13.1 Å². The maximum absolute atomic E-state index is 10.7. The van der Waals surface area contributed by atoms with Crippen molar-refractivity contribution in [3.8, 4) is 6.07 Å². The first kappa shape index (κ1) is 54.5. The van der Waals surface area contributed by atoms with E-state index >= 15 is 0 Å². The van der Waals surface area contributed by atoms with Gasteiger partial charge in [-0.15, -0.1) is 7.92 Å². The molecule has 0 bridgehead atoms. The number of carbonyl (C=O) groups is 3. The molecular weight excluding hydrogens is 561 g/mol. The van der Waals surface area contributed by atoms with E-state index in [4.69, 9.17) is 23.9 Å². The highest BCUT2D eigenvalue weighted by atomic mass is 31.1. The highest BCUT2D eigenvalue weighted by Gasteiger charge is 2.28. The second kappa shape index (κ2) is 28.9. The van der Waals surface area contributed by atoms with Crippen molar-refractivity contribution in [3.05, 3.63) is 43.4 Å². The molecule has 0 atom stereocenters. The smallest absolute Gasteiger partial charge is 0.310 e. The molecule has 0 radical (unpaired) electrons. The van der Waals surface area contributed by atoms with Crippen molar-refractivity contribution in [2.45, 2.75) is 107 Å². The summed E-state index contributed by atoms with van der Waals surface area (Å²) in [6, 6.07) is 1.84. The van der Waals surface area contributed by atoms with E-state index in [-0.39, 0.29) is 28.0 Å². The van der Waals surface area contributed by atoms with Crippen molar-refractivity contribution >= 4 is 25.5 Å². The van der Waals surface area contributed by atoms with Crippen LogP contribution < -0.4 is 0 Å². The second-order valence-corrected chi connectivity index (χ2v) is 14.2. The zero-order chi connectivity index (χ0) is 36.1. The van der Waals surface area contributed by atoms with E-state index in [0.29, 0.717) is 7.92 Å². The average Bonchev–Trinajstić information content (AvgIpc) is 2.84. The predicted octanol–water partition coefficient (Wildman–Crippen LogP) is 7.63. The normalized spacial score (nSPS) is 9.33. The summed E-state index contributed by atoms with van der Waals surface area (Å²) >= 11 is 0. The van der Waals surface area contributed by atoms with Gasteiger partial charge < -0.3 is 9.58 Å². The molecule has 0 saturated heterocycles. The number of nitrogens with zero attached hydrogens (tertiary/aromatic N) is 7. The van der Waals surface area contributed by atoms with Crippen molar-refractivity contribution < 1.29 is 24.0 Å². The number of carbonyl (C=O) groups excluding carboxylic acids is 3. The molecule has 0 aliphatic heterocycles. The largest absolute Gasteiger partial charge is 0.469 e. The average molecular weight is 616 g/mol. The number of ketones is 2. The molecule has 0 N–H and O–H groups in total. The maximum atomic E-state index is 10.7. The summed E-state index contributed by atoms with van der Waals surface area (Å²) in [7, 11) is 3.12. The second-order valence-electron chi connectivity index (χ2n) is 11.6. The Morgan fingerprint density at radius 2 is 1.12 bits per heavy atom. The van der Waals surface area contributed by atoms with Gasteiger partial charge in [0.05, 0.1) is 12.5 Å². The van der Waals surface area contributed by atoms with Crippen molar-refractivity contribution in [1.82, 2.24) is 0 Å². The molecule has 13 nitrogen and oxygen atoms in total. The quantitative estimate of drug-likeness (QED) is 0.0351. The number of hydrogen-bond acceptors (Lipinski definition) is 8. The fourth-order valence-corrected chi connectivity index (χ4v) is 0.273. The van der Waals surface area contributed by atoms with E-state index < -0.39 is 16.5 Å². The van der Waals surface area contributed by atoms with Gasteiger partial charge in [-0.3, -0.25) is 29.3 Å². The Bertz CT molecular complexity index is 919. The molecule has 0 heterocycles. The summed E-state index contributed by atoms with van der Waals surface area (Å²) in [5.74, 6) is -0.394. The van der Waals surface area contributed by atoms with E-state index in [0.717, 1.165) is 0 Å². The monoisotopic (exact) mass is 615 g/mol. The van der Waals surface area contributed by atoms with Gasteiger partial charge in [0.25, 0.3) is 0 Å². The molecule has 0 saturated carbocycles. The highest BCUT2D eigenvalue weighted by molar-refractivity contribution is 7.55. The first-order valence-corrected chi connectivity index (χ1v) is 15.1. The lowest BCUT2D eigenvalue weighted by molar-refractivity contribution is -0.555. The van der Waals surface area contributed by atoms with Gasteiger partial charge in [0.1, 0.15) is 11.6 Å². The highest BCUT2D eigenvalue weighted by Crippen LogP contribution is 2.16. The van der Waals surface area contributed by atoms with E-state index in [2.05, 4.69) is 44.4 Å². The molecule has 0 rings (SSSR count). The van der Waals surface area contributed by atoms with Gasteiger partial charge in [-0.2, -0.15) is 5.26 Å². The number of methoxy groups -OCH3 is 1. The maximum Gasteiger partial charge on any atom is 0.310 e. The lowest BCUT2D eigenvalue weighted by Gasteiger charge is -2.15. The molecule has 0 fully saturated rings. The van der Waals surface area contributed by atoms with Crippen molar-refractivity contribution in [2.75, 3.05) is 34.2 Å². The van der Waals surface area contributed by atoms with E-state index in [9.17, 15) is 24.5 Å². The minimum Gasteiger partial charge on any atom is -0.469 e. The molecule has 242 valence electrons. The zero-order valence-corrected chi connectivity index (χ0v) is 29.9. The van der Waals surface area contributed by atoms with Crippen LogP contribution in [0, 0.1) is 40.0 Å². The van der Waals surface area contributed by atoms with Crippen LogP contribution in [0.1, 0.15) is 90.0 Å². The number of ether oxygens (including phenoxy) is 1. The first-order valence-electron chi connectivity index (χ1n) is 12.4. The van der Waals surface area contributed by atoms with Crippen molar-refractivity contribution in [3.63, 3.8) is 0 Å². The van der Waals surface area contributed by atoms with Crippen LogP contribution in [-0.2, 0) is 19.1 Å². The van der Waals surface area contributed by atoms with Crippen LogP contribution in [0.15, 0.2) is 5.11 Å². The fraction of sp³-hybridized carbons (Fsp3) is 0.786. The summed E-state index contributed by atoms with van der Waals surface area (Å²) in [5.41, 5.74) is 4.79. The van der Waals surface area contributed by atoms with Crippen molar-refractivity contribution in [2.24, 2.45) is 10.5 Å². The molecule has 0 aliphatic carbocycles. The first-order chi connectivity index (χ1) is 18.4. The van der Waals surface area contributed by atoms with Crippen LogP contribution in [0.3, 0.4) is 0 Å². The summed E-state index contributed by atoms with van der Waals surface area (Å²) in [4.78, 5) is 49.1. The van der Waals surface area contributed by atoms with Gasteiger partial charge in [0.15, 0.2) is 6.07 Å². The summed E-state index contributed by atoms with van der Waals surface area (Å²) in [6.07, 6.45) is 0. The molecule has 0 aromatic rings. The summed E-state index contributed by atoms with van der Waals surface area (Å²) < 4.78 is 4.11.